The fourth-order valence-corrected chi connectivity index (χ4v) is 4.15. The van der Waals surface area contributed by atoms with E-state index in [1.165, 1.54) is 0 Å². The Bertz CT molecular complexity index is 848. The summed E-state index contributed by atoms with van der Waals surface area (Å²) in [5.41, 5.74) is 6.84. The first kappa shape index (κ1) is 28.6. The zero-order chi connectivity index (χ0) is 26.0. The summed E-state index contributed by atoms with van der Waals surface area (Å²) in [4.78, 5) is 39.2. The van der Waals surface area contributed by atoms with Crippen LogP contribution in [-0.2, 0) is 19.1 Å². The molecule has 1 aromatic carbocycles. The van der Waals surface area contributed by atoms with Gasteiger partial charge in [-0.2, -0.15) is 0 Å². The molecule has 0 fully saturated rings. The maximum Gasteiger partial charge on any atom is 0.349 e. The number of carbonyl (C=O) groups is 3. The van der Waals surface area contributed by atoms with Crippen LogP contribution < -0.4 is 20.7 Å². The van der Waals surface area contributed by atoms with Crippen LogP contribution in [0.2, 0.25) is 0 Å². The predicted molar refractivity (Wildman–Crippen MR) is 134 cm³/mol. The highest BCUT2D eigenvalue weighted by Crippen LogP contribution is 2.34. The molecule has 0 aliphatic carbocycles. The minimum atomic E-state index is -0.891. The van der Waals surface area contributed by atoms with Crippen molar-refractivity contribution in [2.45, 2.75) is 78.0 Å². The summed E-state index contributed by atoms with van der Waals surface area (Å²) in [6, 6.07) is 6.52. The highest BCUT2D eigenvalue weighted by atomic mass is 16.6. The fraction of sp³-hybridized carbons (Fsp3) is 0.654. The number of hydrogen-bond donors (Lipinski definition) is 3. The van der Waals surface area contributed by atoms with Crippen LogP contribution in [0, 0.1) is 11.8 Å². The van der Waals surface area contributed by atoms with Crippen LogP contribution >= 0.6 is 0 Å². The Kier molecular flexibility index (Phi) is 11.5. The monoisotopic (exact) mass is 491 g/mol. The maximum absolute atomic E-state index is 13.2. The Morgan fingerprint density at radius 1 is 1.23 bits per heavy atom. The van der Waals surface area contributed by atoms with Crippen LogP contribution in [0.3, 0.4) is 0 Å². The number of anilines is 1. The number of ether oxygens (including phenoxy) is 2. The van der Waals surface area contributed by atoms with E-state index in [1.807, 2.05) is 13.0 Å². The number of esters is 1. The summed E-state index contributed by atoms with van der Waals surface area (Å²) in [5, 5.41) is 13.4. The highest BCUT2D eigenvalue weighted by Gasteiger charge is 2.35. The van der Waals surface area contributed by atoms with Crippen molar-refractivity contribution in [3.05, 3.63) is 24.3 Å². The molecule has 1 aromatic rings. The van der Waals surface area contributed by atoms with Crippen molar-refractivity contribution in [3.8, 4) is 5.75 Å². The molecule has 0 bridgehead atoms. The first-order valence-electron chi connectivity index (χ1n) is 12.6. The zero-order valence-corrected chi connectivity index (χ0v) is 21.4. The first-order chi connectivity index (χ1) is 16.7. The van der Waals surface area contributed by atoms with Crippen LogP contribution in [0.1, 0.15) is 59.8 Å². The van der Waals surface area contributed by atoms with Crippen LogP contribution in [0.25, 0.3) is 0 Å². The number of fused-ring (bicyclic) bond motifs is 1. The second-order valence-electron chi connectivity index (χ2n) is 9.39. The van der Waals surface area contributed by atoms with Gasteiger partial charge in [0.1, 0.15) is 5.75 Å². The summed E-state index contributed by atoms with van der Waals surface area (Å²) in [7, 11) is 0. The number of unbranched alkanes of at least 4 members (excludes halogenated alkanes) is 1. The lowest BCUT2D eigenvalue weighted by Gasteiger charge is -2.34. The Balaban J connectivity index is 1.93. The third-order valence-corrected chi connectivity index (χ3v) is 6.19. The number of carbonyl (C=O) groups excluding carboxylic acids is 3. The van der Waals surface area contributed by atoms with Gasteiger partial charge in [0.05, 0.1) is 24.9 Å². The SMILES string of the molecule is CCCCNC(=O)[C@H](C)C[C@H](O)[C@@H](N)C[C@@H](C)CC(=O)N1C[C@H](C(=O)OCC)Oc2ccccc21. The van der Waals surface area contributed by atoms with Crippen molar-refractivity contribution >= 4 is 23.5 Å². The standard InChI is InChI=1S/C26H41N3O6/c1-5-7-12-28-25(32)18(4)15-21(30)19(27)13-17(3)14-24(31)29-16-23(26(33)34-6-2)35-22-11-9-8-10-20(22)29/h8-11,17-19,21,23,30H,5-7,12-16,27H2,1-4H3,(H,28,32)/t17-,18-,19+,21+,23-/m1/s1. The topological polar surface area (TPSA) is 131 Å². The minimum absolute atomic E-state index is 0.0702. The van der Waals surface area contributed by atoms with Gasteiger partial charge in [-0.05, 0) is 44.2 Å². The number of benzene rings is 1. The van der Waals surface area contributed by atoms with Crippen molar-refractivity contribution in [2.24, 2.45) is 17.6 Å². The molecule has 0 radical (unpaired) electrons. The van der Waals surface area contributed by atoms with Gasteiger partial charge in [0.15, 0.2) is 0 Å². The van der Waals surface area contributed by atoms with Gasteiger partial charge in [-0.15, -0.1) is 0 Å². The molecular weight excluding hydrogens is 450 g/mol. The van der Waals surface area contributed by atoms with E-state index in [2.05, 4.69) is 12.2 Å². The highest BCUT2D eigenvalue weighted by molar-refractivity contribution is 5.96. The Labute approximate surface area is 208 Å². The molecular formula is C26H41N3O6. The van der Waals surface area contributed by atoms with Crippen LogP contribution in [0.5, 0.6) is 5.75 Å². The molecule has 1 heterocycles. The van der Waals surface area contributed by atoms with Crippen LogP contribution in [0.4, 0.5) is 5.69 Å². The number of nitrogens with one attached hydrogen (secondary N) is 1. The molecule has 0 unspecified atom stereocenters. The molecule has 1 aliphatic heterocycles. The van der Waals surface area contributed by atoms with E-state index in [0.717, 1.165) is 12.8 Å². The number of nitrogens with two attached hydrogens (primary N) is 1. The minimum Gasteiger partial charge on any atom is -0.475 e. The lowest BCUT2D eigenvalue weighted by atomic mass is 9.91. The summed E-state index contributed by atoms with van der Waals surface area (Å²) in [5.74, 6) is -0.767. The van der Waals surface area contributed by atoms with Crippen molar-refractivity contribution in [3.63, 3.8) is 0 Å². The van der Waals surface area contributed by atoms with E-state index < -0.39 is 24.2 Å². The summed E-state index contributed by atoms with van der Waals surface area (Å²) >= 11 is 0. The molecule has 0 spiro atoms. The van der Waals surface area contributed by atoms with E-state index in [0.29, 0.717) is 24.4 Å². The fourth-order valence-electron chi connectivity index (χ4n) is 4.15. The van der Waals surface area contributed by atoms with E-state index >= 15 is 0 Å². The number of aliphatic hydroxyl groups is 1. The largest absolute Gasteiger partial charge is 0.475 e. The zero-order valence-electron chi connectivity index (χ0n) is 21.4. The quantitative estimate of drug-likeness (QED) is 0.285. The first-order valence-corrected chi connectivity index (χ1v) is 12.6. The van der Waals surface area contributed by atoms with E-state index in [4.69, 9.17) is 15.2 Å². The van der Waals surface area contributed by atoms with Crippen LogP contribution in [0.15, 0.2) is 24.3 Å². The number of aliphatic hydroxyl groups excluding tert-OH is 1. The Morgan fingerprint density at radius 2 is 1.94 bits per heavy atom. The van der Waals surface area contributed by atoms with Crippen molar-refractivity contribution in [1.29, 1.82) is 0 Å². The molecule has 2 amide bonds. The van der Waals surface area contributed by atoms with Gasteiger partial charge in [-0.3, -0.25) is 9.59 Å². The second kappa shape index (κ2) is 14.0. The predicted octanol–water partition coefficient (Wildman–Crippen LogP) is 2.39. The van der Waals surface area contributed by atoms with Gasteiger partial charge in [-0.25, -0.2) is 4.79 Å². The number of para-hydroxylation sites is 2. The maximum atomic E-state index is 13.2. The molecule has 0 saturated carbocycles. The number of nitrogens with zero attached hydrogens (tertiary/aromatic N) is 1. The third-order valence-electron chi connectivity index (χ3n) is 6.19. The second-order valence-corrected chi connectivity index (χ2v) is 9.39. The van der Waals surface area contributed by atoms with Crippen molar-refractivity contribution in [1.82, 2.24) is 5.32 Å². The Morgan fingerprint density at radius 3 is 2.63 bits per heavy atom. The summed E-state index contributed by atoms with van der Waals surface area (Å²) in [6.07, 6.45) is 1.05. The molecule has 4 N–H and O–H groups in total. The lowest BCUT2D eigenvalue weighted by molar-refractivity contribution is -0.151. The lowest BCUT2D eigenvalue weighted by Crippen LogP contribution is -2.48. The van der Waals surface area contributed by atoms with Gasteiger partial charge < -0.3 is 30.5 Å². The molecule has 35 heavy (non-hydrogen) atoms. The van der Waals surface area contributed by atoms with Crippen molar-refractivity contribution < 1.29 is 29.0 Å². The molecule has 9 heteroatoms. The summed E-state index contributed by atoms with van der Waals surface area (Å²) in [6.45, 7) is 8.38. The molecule has 5 atom stereocenters. The number of amides is 2. The van der Waals surface area contributed by atoms with Gasteiger partial charge in [0.25, 0.3) is 0 Å². The molecule has 0 aromatic heterocycles. The van der Waals surface area contributed by atoms with Crippen LogP contribution in [-0.4, -0.2) is 60.8 Å². The average Bonchev–Trinajstić information content (AvgIpc) is 2.83. The van der Waals surface area contributed by atoms with Crippen molar-refractivity contribution in [2.75, 3.05) is 24.6 Å². The number of hydrogen-bond acceptors (Lipinski definition) is 7. The van der Waals surface area contributed by atoms with Gasteiger partial charge >= 0.3 is 5.97 Å². The molecule has 1 aliphatic rings. The third kappa shape index (κ3) is 8.50. The molecule has 9 nitrogen and oxygen atoms in total. The number of rotatable bonds is 13. The normalized spacial score (nSPS) is 18.5. The average molecular weight is 492 g/mol. The molecule has 2 rings (SSSR count). The van der Waals surface area contributed by atoms with Gasteiger partial charge in [0, 0.05) is 24.9 Å². The molecule has 0 saturated heterocycles. The van der Waals surface area contributed by atoms with E-state index in [9.17, 15) is 19.5 Å². The van der Waals surface area contributed by atoms with Gasteiger partial charge in [-0.1, -0.05) is 39.3 Å². The summed E-state index contributed by atoms with van der Waals surface area (Å²) < 4.78 is 10.8. The Hall–Kier alpha value is -2.65. The smallest absolute Gasteiger partial charge is 0.349 e. The van der Waals surface area contributed by atoms with E-state index in [1.54, 1.807) is 36.9 Å². The van der Waals surface area contributed by atoms with E-state index in [-0.39, 0.29) is 49.6 Å². The van der Waals surface area contributed by atoms with Gasteiger partial charge in [0.2, 0.25) is 17.9 Å². The molecule has 196 valence electrons.